The van der Waals surface area contributed by atoms with Crippen molar-refractivity contribution < 1.29 is 19.1 Å². The molecule has 6 heteroatoms. The molecule has 4 atom stereocenters. The molecule has 1 aromatic carbocycles. The number of hydrogen-bond acceptors (Lipinski definition) is 4. The number of hydrogen-bond donors (Lipinski definition) is 1. The van der Waals surface area contributed by atoms with E-state index < -0.39 is 17.4 Å². The Labute approximate surface area is 145 Å². The molecule has 1 saturated carbocycles. The van der Waals surface area contributed by atoms with Gasteiger partial charge < -0.3 is 19.7 Å². The van der Waals surface area contributed by atoms with Gasteiger partial charge in [-0.05, 0) is 37.1 Å². The summed E-state index contributed by atoms with van der Waals surface area (Å²) in [5.74, 6) is -0.209. The zero-order valence-corrected chi connectivity index (χ0v) is 14.0. The number of nitrogens with zero attached hydrogens (tertiary/aromatic N) is 1. The Morgan fingerprint density at radius 3 is 2.76 bits per heavy atom. The SMILES string of the molecule is COc1ccc(N2C[C@]34C=C[C@H](O3)[C@@H](C(=O)NC3CC3)[C@H]4C2=O)cc1. The second-order valence-corrected chi connectivity index (χ2v) is 7.31. The van der Waals surface area contributed by atoms with Crippen molar-refractivity contribution in [2.24, 2.45) is 11.8 Å². The molecular formula is C19H20N2O4. The smallest absolute Gasteiger partial charge is 0.234 e. The summed E-state index contributed by atoms with van der Waals surface area (Å²) in [5.41, 5.74) is 0.129. The maximum Gasteiger partial charge on any atom is 0.234 e. The maximum atomic E-state index is 13.1. The summed E-state index contributed by atoms with van der Waals surface area (Å²) in [6, 6.07) is 7.67. The molecule has 3 fully saturated rings. The number of benzene rings is 1. The minimum absolute atomic E-state index is 0.0343. The van der Waals surface area contributed by atoms with E-state index in [0.717, 1.165) is 24.3 Å². The molecule has 2 bridgehead atoms. The normalized spacial score (nSPS) is 35.2. The average molecular weight is 340 g/mol. The first-order valence-corrected chi connectivity index (χ1v) is 8.74. The van der Waals surface area contributed by atoms with Gasteiger partial charge in [-0.3, -0.25) is 9.59 Å². The van der Waals surface area contributed by atoms with Crippen molar-refractivity contribution in [2.45, 2.75) is 30.6 Å². The van der Waals surface area contributed by atoms with Crippen molar-refractivity contribution in [3.8, 4) is 5.75 Å². The molecule has 0 aromatic heterocycles. The van der Waals surface area contributed by atoms with Crippen LogP contribution in [0.5, 0.6) is 5.75 Å². The number of methoxy groups -OCH3 is 1. The van der Waals surface area contributed by atoms with Gasteiger partial charge >= 0.3 is 0 Å². The highest BCUT2D eigenvalue weighted by molar-refractivity contribution is 6.03. The summed E-state index contributed by atoms with van der Waals surface area (Å²) in [4.78, 5) is 27.6. The molecule has 0 unspecified atom stereocenters. The van der Waals surface area contributed by atoms with Gasteiger partial charge in [-0.25, -0.2) is 0 Å². The van der Waals surface area contributed by atoms with E-state index in [2.05, 4.69) is 5.32 Å². The van der Waals surface area contributed by atoms with Gasteiger partial charge in [-0.1, -0.05) is 12.2 Å². The Balaban J connectivity index is 1.44. The number of nitrogens with one attached hydrogen (secondary N) is 1. The number of carbonyl (C=O) groups is 2. The van der Waals surface area contributed by atoms with E-state index in [1.165, 1.54) is 0 Å². The van der Waals surface area contributed by atoms with Crippen LogP contribution in [0, 0.1) is 11.8 Å². The monoisotopic (exact) mass is 340 g/mol. The molecule has 1 aliphatic carbocycles. The van der Waals surface area contributed by atoms with Crippen LogP contribution in [-0.4, -0.2) is 43.2 Å². The zero-order chi connectivity index (χ0) is 17.2. The standard InChI is InChI=1S/C19H20N2O4/c1-24-13-6-4-12(5-7-13)21-10-19-9-8-14(25-19)15(16(19)18(21)23)17(22)20-11-2-3-11/h4-9,11,14-16H,2-3,10H2,1H3,(H,20,22)/t14-,15+,16-,19-/m0/s1. The predicted molar refractivity (Wildman–Crippen MR) is 90.2 cm³/mol. The zero-order valence-electron chi connectivity index (χ0n) is 14.0. The Morgan fingerprint density at radius 1 is 1.32 bits per heavy atom. The number of anilines is 1. The summed E-state index contributed by atoms with van der Waals surface area (Å²) >= 11 is 0. The van der Waals surface area contributed by atoms with Gasteiger partial charge in [0.15, 0.2) is 0 Å². The van der Waals surface area contributed by atoms with E-state index in [9.17, 15) is 9.59 Å². The van der Waals surface area contributed by atoms with E-state index in [-0.39, 0.29) is 24.0 Å². The minimum atomic E-state index is -0.673. The van der Waals surface area contributed by atoms with Gasteiger partial charge in [0.1, 0.15) is 11.4 Å². The second kappa shape index (κ2) is 5.08. The lowest BCUT2D eigenvalue weighted by Gasteiger charge is -2.23. The Hall–Kier alpha value is -2.34. The second-order valence-electron chi connectivity index (χ2n) is 7.31. The molecule has 5 rings (SSSR count). The highest BCUT2D eigenvalue weighted by Crippen LogP contribution is 2.52. The van der Waals surface area contributed by atoms with Gasteiger partial charge in [0.05, 0.1) is 31.6 Å². The Kier molecular flexibility index (Phi) is 3.04. The fourth-order valence-corrected chi connectivity index (χ4v) is 4.30. The summed E-state index contributed by atoms with van der Waals surface area (Å²) in [7, 11) is 1.61. The summed E-state index contributed by atoms with van der Waals surface area (Å²) < 4.78 is 11.3. The summed E-state index contributed by atoms with van der Waals surface area (Å²) in [6.07, 6.45) is 5.69. The number of amides is 2. The van der Waals surface area contributed by atoms with E-state index in [1.807, 2.05) is 36.4 Å². The number of fused-ring (bicyclic) bond motifs is 1. The van der Waals surface area contributed by atoms with Crippen molar-refractivity contribution >= 4 is 17.5 Å². The first-order valence-electron chi connectivity index (χ1n) is 8.74. The minimum Gasteiger partial charge on any atom is -0.497 e. The molecule has 2 saturated heterocycles. The van der Waals surface area contributed by atoms with Crippen LogP contribution in [0.2, 0.25) is 0 Å². The third kappa shape index (κ3) is 2.13. The van der Waals surface area contributed by atoms with Crippen molar-refractivity contribution in [3.05, 3.63) is 36.4 Å². The molecule has 3 aliphatic heterocycles. The molecule has 130 valence electrons. The Morgan fingerprint density at radius 2 is 2.08 bits per heavy atom. The summed E-state index contributed by atoms with van der Waals surface area (Å²) in [6.45, 7) is 0.447. The Bertz CT molecular complexity index is 770. The van der Waals surface area contributed by atoms with E-state index in [0.29, 0.717) is 6.54 Å². The lowest BCUT2D eigenvalue weighted by atomic mass is 9.77. The topological polar surface area (TPSA) is 67.9 Å². The van der Waals surface area contributed by atoms with Crippen LogP contribution in [0.4, 0.5) is 5.69 Å². The van der Waals surface area contributed by atoms with Crippen molar-refractivity contribution in [3.63, 3.8) is 0 Å². The number of ether oxygens (including phenoxy) is 2. The first kappa shape index (κ1) is 15.0. The molecule has 1 aromatic rings. The van der Waals surface area contributed by atoms with E-state index in [4.69, 9.17) is 9.47 Å². The van der Waals surface area contributed by atoms with Crippen LogP contribution in [0.3, 0.4) is 0 Å². The quantitative estimate of drug-likeness (QED) is 0.838. The average Bonchev–Trinajstić information content (AvgIpc) is 3.15. The van der Waals surface area contributed by atoms with Crippen molar-refractivity contribution in [1.29, 1.82) is 0 Å². The van der Waals surface area contributed by atoms with Crippen LogP contribution in [-0.2, 0) is 14.3 Å². The van der Waals surface area contributed by atoms with Crippen LogP contribution >= 0.6 is 0 Å². The number of carbonyl (C=O) groups excluding carboxylic acids is 2. The molecule has 25 heavy (non-hydrogen) atoms. The molecule has 3 heterocycles. The van der Waals surface area contributed by atoms with Crippen LogP contribution in [0.1, 0.15) is 12.8 Å². The van der Waals surface area contributed by atoms with E-state index >= 15 is 0 Å². The summed E-state index contributed by atoms with van der Waals surface area (Å²) in [5, 5.41) is 3.04. The molecule has 6 nitrogen and oxygen atoms in total. The van der Waals surface area contributed by atoms with Gasteiger partial charge in [0.25, 0.3) is 0 Å². The van der Waals surface area contributed by atoms with Gasteiger partial charge in [0, 0.05) is 11.7 Å². The lowest BCUT2D eigenvalue weighted by Crippen LogP contribution is -2.44. The maximum absolute atomic E-state index is 13.1. The molecule has 4 aliphatic rings. The number of rotatable bonds is 4. The third-order valence-electron chi connectivity index (χ3n) is 5.71. The highest BCUT2D eigenvalue weighted by atomic mass is 16.5. The van der Waals surface area contributed by atoms with Crippen LogP contribution < -0.4 is 15.0 Å². The first-order chi connectivity index (χ1) is 12.1. The van der Waals surface area contributed by atoms with Crippen LogP contribution in [0.25, 0.3) is 0 Å². The largest absolute Gasteiger partial charge is 0.497 e. The fraction of sp³-hybridized carbons (Fsp3) is 0.474. The van der Waals surface area contributed by atoms with Gasteiger partial charge in [-0.2, -0.15) is 0 Å². The predicted octanol–water partition coefficient (Wildman–Crippen LogP) is 1.26. The third-order valence-corrected chi connectivity index (χ3v) is 5.71. The van der Waals surface area contributed by atoms with Crippen molar-refractivity contribution in [1.82, 2.24) is 5.32 Å². The molecule has 1 spiro atoms. The fourth-order valence-electron chi connectivity index (χ4n) is 4.30. The molecular weight excluding hydrogens is 320 g/mol. The van der Waals surface area contributed by atoms with E-state index in [1.54, 1.807) is 12.0 Å². The van der Waals surface area contributed by atoms with Crippen molar-refractivity contribution in [2.75, 3.05) is 18.6 Å². The molecule has 2 amide bonds. The molecule has 1 N–H and O–H groups in total. The van der Waals surface area contributed by atoms with Crippen LogP contribution in [0.15, 0.2) is 36.4 Å². The van der Waals surface area contributed by atoms with Gasteiger partial charge in [0.2, 0.25) is 11.8 Å². The van der Waals surface area contributed by atoms with Gasteiger partial charge in [-0.15, -0.1) is 0 Å². The lowest BCUT2D eigenvalue weighted by molar-refractivity contribution is -0.132. The highest BCUT2D eigenvalue weighted by Gasteiger charge is 2.67. The molecule has 0 radical (unpaired) electrons.